The highest BCUT2D eigenvalue weighted by Gasteiger charge is 2.11. The van der Waals surface area contributed by atoms with E-state index in [-0.39, 0.29) is 12.3 Å². The van der Waals surface area contributed by atoms with Crippen molar-refractivity contribution in [3.05, 3.63) is 44.9 Å². The first kappa shape index (κ1) is 18.0. The zero-order valence-electron chi connectivity index (χ0n) is 13.7. The number of thiazole rings is 1. The second-order valence-corrected chi connectivity index (χ2v) is 7.55. The lowest BCUT2D eigenvalue weighted by Gasteiger charge is -1.99. The van der Waals surface area contributed by atoms with Crippen LogP contribution in [0.4, 0.5) is 5.13 Å². The van der Waals surface area contributed by atoms with Gasteiger partial charge in [-0.25, -0.2) is 4.98 Å². The Kier molecular flexibility index (Phi) is 6.14. The monoisotopic (exact) mass is 468 g/mol. The normalized spacial score (nSPS) is 10.8. The molecule has 1 amide bonds. The third-order valence-electron chi connectivity index (χ3n) is 3.44. The maximum atomic E-state index is 12.1. The predicted octanol–water partition coefficient (Wildman–Crippen LogP) is 4.32. The summed E-state index contributed by atoms with van der Waals surface area (Å²) in [5.74, 6) is 1.08. The SMILES string of the molecule is CCCc1noc(CCC(=O)Nc2nc(-c3ccc(I)cc3)cs2)n1. The number of aryl methyl sites for hydroxylation is 2. The van der Waals surface area contributed by atoms with Crippen LogP contribution in [0.3, 0.4) is 0 Å². The molecular weight excluding hydrogens is 451 g/mol. The highest BCUT2D eigenvalue weighted by molar-refractivity contribution is 14.1. The molecule has 1 aromatic carbocycles. The van der Waals surface area contributed by atoms with Gasteiger partial charge in [-0.05, 0) is 41.1 Å². The second-order valence-electron chi connectivity index (χ2n) is 5.45. The number of nitrogens with zero attached hydrogens (tertiary/aromatic N) is 3. The van der Waals surface area contributed by atoms with E-state index < -0.39 is 0 Å². The lowest BCUT2D eigenvalue weighted by molar-refractivity contribution is -0.116. The van der Waals surface area contributed by atoms with Gasteiger partial charge in [-0.1, -0.05) is 24.2 Å². The minimum absolute atomic E-state index is 0.112. The molecule has 0 spiro atoms. The molecule has 0 unspecified atom stereocenters. The minimum atomic E-state index is -0.112. The topological polar surface area (TPSA) is 80.9 Å². The third kappa shape index (κ3) is 5.08. The third-order valence-corrected chi connectivity index (χ3v) is 4.92. The molecule has 0 aliphatic rings. The van der Waals surface area contributed by atoms with Crippen molar-refractivity contribution in [3.63, 3.8) is 0 Å². The summed E-state index contributed by atoms with van der Waals surface area (Å²) in [4.78, 5) is 20.8. The van der Waals surface area contributed by atoms with Gasteiger partial charge in [0.1, 0.15) is 0 Å². The standard InChI is InChI=1S/C17H17IN4O2S/c1-2-3-14-20-16(24-22-14)9-8-15(23)21-17-19-13(10-25-17)11-4-6-12(18)7-5-11/h4-7,10H,2-3,8-9H2,1H3,(H,19,21,23). The van der Waals surface area contributed by atoms with E-state index in [0.717, 1.165) is 24.1 Å². The predicted molar refractivity (Wildman–Crippen MR) is 106 cm³/mol. The molecule has 0 radical (unpaired) electrons. The first-order valence-electron chi connectivity index (χ1n) is 7.97. The molecule has 2 aromatic heterocycles. The number of carbonyl (C=O) groups is 1. The van der Waals surface area contributed by atoms with Crippen LogP contribution in [-0.2, 0) is 17.6 Å². The summed E-state index contributed by atoms with van der Waals surface area (Å²) in [6.07, 6.45) is 2.46. The van der Waals surface area contributed by atoms with Crippen molar-refractivity contribution >= 4 is 45.0 Å². The van der Waals surface area contributed by atoms with E-state index in [1.54, 1.807) is 0 Å². The largest absolute Gasteiger partial charge is 0.339 e. The van der Waals surface area contributed by atoms with E-state index in [1.807, 2.05) is 29.6 Å². The maximum Gasteiger partial charge on any atom is 0.227 e. The number of nitrogens with one attached hydrogen (secondary N) is 1. The summed E-state index contributed by atoms with van der Waals surface area (Å²) in [6, 6.07) is 8.10. The van der Waals surface area contributed by atoms with Crippen molar-refractivity contribution < 1.29 is 9.32 Å². The minimum Gasteiger partial charge on any atom is -0.339 e. The summed E-state index contributed by atoms with van der Waals surface area (Å²) >= 11 is 3.68. The fourth-order valence-corrected chi connectivity index (χ4v) is 3.30. The lowest BCUT2D eigenvalue weighted by Crippen LogP contribution is -2.12. The number of rotatable bonds is 7. The van der Waals surface area contributed by atoms with Crippen molar-refractivity contribution in [2.45, 2.75) is 32.6 Å². The Labute approximate surface area is 163 Å². The van der Waals surface area contributed by atoms with Gasteiger partial charge in [0.05, 0.1) is 5.69 Å². The maximum absolute atomic E-state index is 12.1. The molecule has 2 heterocycles. The Hall–Kier alpha value is -1.81. The number of benzene rings is 1. The van der Waals surface area contributed by atoms with Gasteiger partial charge in [-0.15, -0.1) is 11.3 Å². The molecule has 1 N–H and O–H groups in total. The first-order valence-corrected chi connectivity index (χ1v) is 9.92. The van der Waals surface area contributed by atoms with E-state index >= 15 is 0 Å². The molecule has 0 bridgehead atoms. The smallest absolute Gasteiger partial charge is 0.227 e. The number of aromatic nitrogens is 3. The van der Waals surface area contributed by atoms with E-state index in [2.05, 4.69) is 50.0 Å². The number of hydrogen-bond donors (Lipinski definition) is 1. The van der Waals surface area contributed by atoms with Gasteiger partial charge in [-0.3, -0.25) is 4.79 Å². The molecule has 130 valence electrons. The summed E-state index contributed by atoms with van der Waals surface area (Å²) < 4.78 is 6.31. The van der Waals surface area contributed by atoms with Crippen LogP contribution in [0.1, 0.15) is 31.5 Å². The molecular formula is C17H17IN4O2S. The number of amides is 1. The lowest BCUT2D eigenvalue weighted by atomic mass is 10.2. The van der Waals surface area contributed by atoms with E-state index in [9.17, 15) is 4.79 Å². The Morgan fingerprint density at radius 3 is 2.80 bits per heavy atom. The quantitative estimate of drug-likeness (QED) is 0.523. The number of hydrogen-bond acceptors (Lipinski definition) is 6. The molecule has 0 saturated carbocycles. The van der Waals surface area contributed by atoms with Gasteiger partial charge in [0, 0.05) is 33.8 Å². The molecule has 25 heavy (non-hydrogen) atoms. The number of anilines is 1. The van der Waals surface area contributed by atoms with E-state index in [1.165, 1.54) is 14.9 Å². The Morgan fingerprint density at radius 2 is 2.04 bits per heavy atom. The number of halogens is 1. The average Bonchev–Trinajstić information content (AvgIpc) is 3.24. The molecule has 0 fully saturated rings. The van der Waals surface area contributed by atoms with Gasteiger partial charge in [0.2, 0.25) is 11.8 Å². The summed E-state index contributed by atoms with van der Waals surface area (Å²) in [5, 5.41) is 9.24. The van der Waals surface area contributed by atoms with Crippen molar-refractivity contribution in [2.24, 2.45) is 0 Å². The average molecular weight is 468 g/mol. The van der Waals surface area contributed by atoms with Crippen molar-refractivity contribution in [3.8, 4) is 11.3 Å². The van der Waals surface area contributed by atoms with Crippen LogP contribution in [0.25, 0.3) is 11.3 Å². The molecule has 0 saturated heterocycles. The highest BCUT2D eigenvalue weighted by atomic mass is 127. The van der Waals surface area contributed by atoms with Crippen molar-refractivity contribution in [2.75, 3.05) is 5.32 Å². The van der Waals surface area contributed by atoms with Gasteiger partial charge in [0.25, 0.3) is 0 Å². The molecule has 6 nitrogen and oxygen atoms in total. The summed E-state index contributed by atoms with van der Waals surface area (Å²) in [7, 11) is 0. The fraction of sp³-hybridized carbons (Fsp3) is 0.294. The van der Waals surface area contributed by atoms with Crippen LogP contribution in [-0.4, -0.2) is 21.0 Å². The molecule has 3 rings (SSSR count). The van der Waals surface area contributed by atoms with Gasteiger partial charge in [-0.2, -0.15) is 4.98 Å². The van der Waals surface area contributed by atoms with Gasteiger partial charge >= 0.3 is 0 Å². The zero-order valence-corrected chi connectivity index (χ0v) is 16.6. The van der Waals surface area contributed by atoms with Gasteiger partial charge < -0.3 is 9.84 Å². The van der Waals surface area contributed by atoms with E-state index in [0.29, 0.717) is 23.3 Å². The Morgan fingerprint density at radius 1 is 1.24 bits per heavy atom. The summed E-state index contributed by atoms with van der Waals surface area (Å²) in [6.45, 7) is 2.06. The van der Waals surface area contributed by atoms with Gasteiger partial charge in [0.15, 0.2) is 11.0 Å². The van der Waals surface area contributed by atoms with Crippen LogP contribution in [0.2, 0.25) is 0 Å². The molecule has 8 heteroatoms. The van der Waals surface area contributed by atoms with Crippen LogP contribution >= 0.6 is 33.9 Å². The van der Waals surface area contributed by atoms with Crippen molar-refractivity contribution in [1.29, 1.82) is 0 Å². The van der Waals surface area contributed by atoms with Crippen molar-refractivity contribution in [1.82, 2.24) is 15.1 Å². The van der Waals surface area contributed by atoms with Crippen LogP contribution < -0.4 is 5.32 Å². The Bertz CT molecular complexity index is 844. The fourth-order valence-electron chi connectivity index (χ4n) is 2.20. The first-order chi connectivity index (χ1) is 12.1. The zero-order chi connectivity index (χ0) is 17.6. The molecule has 0 aliphatic heterocycles. The van der Waals surface area contributed by atoms with Crippen LogP contribution in [0.5, 0.6) is 0 Å². The summed E-state index contributed by atoms with van der Waals surface area (Å²) in [5.41, 5.74) is 1.89. The van der Waals surface area contributed by atoms with E-state index in [4.69, 9.17) is 4.52 Å². The molecule has 0 aliphatic carbocycles. The molecule has 0 atom stereocenters. The molecule has 3 aromatic rings. The second kappa shape index (κ2) is 8.52. The van der Waals surface area contributed by atoms with Crippen LogP contribution in [0.15, 0.2) is 34.2 Å². The Balaban J connectivity index is 1.53. The van der Waals surface area contributed by atoms with Crippen LogP contribution in [0, 0.1) is 3.57 Å². The highest BCUT2D eigenvalue weighted by Crippen LogP contribution is 2.25. The number of carbonyl (C=O) groups excluding carboxylic acids is 1.